The van der Waals surface area contributed by atoms with E-state index in [1.54, 1.807) is 0 Å². The van der Waals surface area contributed by atoms with Crippen molar-refractivity contribution in [3.8, 4) is 0 Å². The summed E-state index contributed by atoms with van der Waals surface area (Å²) >= 11 is 5.60. The van der Waals surface area contributed by atoms with Gasteiger partial charge in [0, 0.05) is 5.56 Å². The Balaban J connectivity index is 2.29. The van der Waals surface area contributed by atoms with E-state index >= 15 is 0 Å². The van der Waals surface area contributed by atoms with Crippen LogP contribution in [0.25, 0.3) is 0 Å². The normalized spacial score (nSPS) is 11.2. The Hall–Kier alpha value is -1.92. The van der Waals surface area contributed by atoms with E-state index in [4.69, 9.17) is 11.6 Å². The molecule has 0 aromatic heterocycles. The first-order valence-corrected chi connectivity index (χ1v) is 7.74. The van der Waals surface area contributed by atoms with Gasteiger partial charge in [-0.1, -0.05) is 23.7 Å². The number of hydrogen-bond acceptors (Lipinski definition) is 3. The van der Waals surface area contributed by atoms with Crippen LogP contribution in [0.1, 0.15) is 17.3 Å². The number of carbonyl (C=O) groups is 1. The van der Waals surface area contributed by atoms with Crippen molar-refractivity contribution in [3.05, 3.63) is 58.9 Å². The predicted molar refractivity (Wildman–Crippen MR) is 78.7 cm³/mol. The zero-order valence-corrected chi connectivity index (χ0v) is 12.5. The number of carbonyl (C=O) groups excluding carboxylic acids is 1. The van der Waals surface area contributed by atoms with Crippen molar-refractivity contribution in [3.63, 3.8) is 0 Å². The molecule has 0 atom stereocenters. The van der Waals surface area contributed by atoms with Crippen molar-refractivity contribution in [2.75, 3.05) is 4.72 Å². The maximum absolute atomic E-state index is 13.0. The standard InChI is InChI=1S/C14H11ClFNO3S/c1-9(18)10-2-5-12(6-3-10)21(19,20)17-11-4-7-14(16)13(15)8-11/h2-8,17H,1H3. The van der Waals surface area contributed by atoms with Gasteiger partial charge in [-0.3, -0.25) is 9.52 Å². The van der Waals surface area contributed by atoms with Gasteiger partial charge in [0.15, 0.2) is 5.78 Å². The van der Waals surface area contributed by atoms with Crippen molar-refractivity contribution >= 4 is 33.1 Å². The highest BCUT2D eigenvalue weighted by atomic mass is 35.5. The molecule has 0 aliphatic rings. The number of ketones is 1. The van der Waals surface area contributed by atoms with Crippen molar-refractivity contribution in [1.29, 1.82) is 0 Å². The minimum atomic E-state index is -3.83. The Kier molecular flexibility index (Phi) is 4.29. The van der Waals surface area contributed by atoms with E-state index in [1.165, 1.54) is 43.3 Å². The Labute approximate surface area is 126 Å². The molecule has 0 bridgehead atoms. The zero-order valence-electron chi connectivity index (χ0n) is 10.9. The maximum atomic E-state index is 13.0. The molecule has 0 aliphatic heterocycles. The summed E-state index contributed by atoms with van der Waals surface area (Å²) in [5.74, 6) is -0.789. The molecule has 2 aromatic carbocycles. The molecule has 2 rings (SSSR count). The second-order valence-electron chi connectivity index (χ2n) is 4.31. The van der Waals surface area contributed by atoms with Gasteiger partial charge in [-0.25, -0.2) is 12.8 Å². The molecule has 21 heavy (non-hydrogen) atoms. The Morgan fingerprint density at radius 3 is 2.29 bits per heavy atom. The number of halogens is 2. The quantitative estimate of drug-likeness (QED) is 0.874. The maximum Gasteiger partial charge on any atom is 0.261 e. The van der Waals surface area contributed by atoms with Crippen LogP contribution in [-0.2, 0) is 10.0 Å². The molecule has 110 valence electrons. The summed E-state index contributed by atoms with van der Waals surface area (Å²) in [6.45, 7) is 1.39. The molecule has 0 aliphatic carbocycles. The Morgan fingerprint density at radius 1 is 1.14 bits per heavy atom. The van der Waals surface area contributed by atoms with Gasteiger partial charge in [0.2, 0.25) is 0 Å². The molecule has 4 nitrogen and oxygen atoms in total. The van der Waals surface area contributed by atoms with Crippen LogP contribution in [0, 0.1) is 5.82 Å². The smallest absolute Gasteiger partial charge is 0.261 e. The topological polar surface area (TPSA) is 63.2 Å². The number of rotatable bonds is 4. The van der Waals surface area contributed by atoms with Crippen LogP contribution in [0.15, 0.2) is 47.4 Å². The van der Waals surface area contributed by atoms with E-state index < -0.39 is 15.8 Å². The van der Waals surface area contributed by atoms with Gasteiger partial charge < -0.3 is 0 Å². The van der Waals surface area contributed by atoms with E-state index in [2.05, 4.69) is 4.72 Å². The highest BCUT2D eigenvalue weighted by molar-refractivity contribution is 7.92. The fourth-order valence-corrected chi connectivity index (χ4v) is 2.87. The molecule has 0 amide bonds. The van der Waals surface area contributed by atoms with Gasteiger partial charge >= 0.3 is 0 Å². The van der Waals surface area contributed by atoms with Crippen LogP contribution in [-0.4, -0.2) is 14.2 Å². The number of nitrogens with one attached hydrogen (secondary N) is 1. The minimum absolute atomic E-state index is 0.00653. The molecule has 7 heteroatoms. The van der Waals surface area contributed by atoms with Gasteiger partial charge in [-0.05, 0) is 37.3 Å². The summed E-state index contributed by atoms with van der Waals surface area (Å²) in [6, 6.07) is 9.01. The van der Waals surface area contributed by atoms with E-state index in [9.17, 15) is 17.6 Å². The Morgan fingerprint density at radius 2 is 1.76 bits per heavy atom. The van der Waals surface area contributed by atoms with Crippen LogP contribution in [0.3, 0.4) is 0 Å². The Bertz CT molecular complexity index is 788. The first-order valence-electron chi connectivity index (χ1n) is 5.88. The van der Waals surface area contributed by atoms with Crippen LogP contribution in [0.2, 0.25) is 5.02 Å². The van der Waals surface area contributed by atoms with Crippen LogP contribution < -0.4 is 4.72 Å². The van der Waals surface area contributed by atoms with Crippen LogP contribution >= 0.6 is 11.6 Å². The second kappa shape index (κ2) is 5.83. The third-order valence-corrected chi connectivity index (χ3v) is 4.43. The van der Waals surface area contributed by atoms with Crippen molar-refractivity contribution in [2.24, 2.45) is 0 Å². The van der Waals surface area contributed by atoms with E-state index in [0.717, 1.165) is 6.07 Å². The van der Waals surface area contributed by atoms with Crippen LogP contribution in [0.4, 0.5) is 10.1 Å². The largest absolute Gasteiger partial charge is 0.295 e. The summed E-state index contributed by atoms with van der Waals surface area (Å²) in [5, 5.41) is -0.179. The molecule has 0 heterocycles. The van der Waals surface area contributed by atoms with E-state index in [-0.39, 0.29) is 21.4 Å². The highest BCUT2D eigenvalue weighted by Gasteiger charge is 2.15. The number of Topliss-reactive ketones (excluding diaryl/α,β-unsaturated/α-hetero) is 1. The molecule has 0 fully saturated rings. The summed E-state index contributed by atoms with van der Waals surface area (Å²) in [5.41, 5.74) is 0.566. The number of sulfonamides is 1. The number of benzene rings is 2. The van der Waals surface area contributed by atoms with Gasteiger partial charge in [0.25, 0.3) is 10.0 Å². The molecule has 0 spiro atoms. The lowest BCUT2D eigenvalue weighted by Crippen LogP contribution is -2.13. The molecule has 0 radical (unpaired) electrons. The lowest BCUT2D eigenvalue weighted by molar-refractivity contribution is 0.101. The molecular formula is C14H11ClFNO3S. The van der Waals surface area contributed by atoms with E-state index in [1.807, 2.05) is 0 Å². The van der Waals surface area contributed by atoms with Gasteiger partial charge in [-0.15, -0.1) is 0 Å². The molecule has 0 unspecified atom stereocenters. The molecule has 0 saturated heterocycles. The van der Waals surface area contributed by atoms with Gasteiger partial charge in [-0.2, -0.15) is 0 Å². The third-order valence-electron chi connectivity index (χ3n) is 2.74. The fourth-order valence-electron chi connectivity index (χ4n) is 1.64. The average Bonchev–Trinajstić information content (AvgIpc) is 2.43. The number of anilines is 1. The highest BCUT2D eigenvalue weighted by Crippen LogP contribution is 2.22. The minimum Gasteiger partial charge on any atom is -0.295 e. The molecule has 1 N–H and O–H groups in total. The third kappa shape index (κ3) is 3.59. The zero-order chi connectivity index (χ0) is 15.6. The first-order chi connectivity index (χ1) is 9.79. The molecule has 2 aromatic rings. The summed E-state index contributed by atoms with van der Waals surface area (Å²) < 4.78 is 39.6. The SMILES string of the molecule is CC(=O)c1ccc(S(=O)(=O)Nc2ccc(F)c(Cl)c2)cc1. The summed E-state index contributed by atoms with van der Waals surface area (Å²) in [4.78, 5) is 11.1. The van der Waals surface area contributed by atoms with E-state index in [0.29, 0.717) is 5.56 Å². The predicted octanol–water partition coefficient (Wildman–Crippen LogP) is 3.48. The number of hydrogen-bond donors (Lipinski definition) is 1. The fraction of sp³-hybridized carbons (Fsp3) is 0.0714. The monoisotopic (exact) mass is 327 g/mol. The lowest BCUT2D eigenvalue weighted by Gasteiger charge is -2.09. The first kappa shape index (κ1) is 15.5. The second-order valence-corrected chi connectivity index (χ2v) is 6.40. The van der Waals surface area contributed by atoms with Gasteiger partial charge in [0.05, 0.1) is 15.6 Å². The van der Waals surface area contributed by atoms with Crippen molar-refractivity contribution in [2.45, 2.75) is 11.8 Å². The molecule has 0 saturated carbocycles. The van der Waals surface area contributed by atoms with Crippen molar-refractivity contribution in [1.82, 2.24) is 0 Å². The lowest BCUT2D eigenvalue weighted by atomic mass is 10.2. The van der Waals surface area contributed by atoms with Crippen LogP contribution in [0.5, 0.6) is 0 Å². The summed E-state index contributed by atoms with van der Waals surface area (Å²) in [6.07, 6.45) is 0. The van der Waals surface area contributed by atoms with Crippen molar-refractivity contribution < 1.29 is 17.6 Å². The summed E-state index contributed by atoms with van der Waals surface area (Å²) in [7, 11) is -3.83. The van der Waals surface area contributed by atoms with Gasteiger partial charge in [0.1, 0.15) is 5.82 Å². The molecular weight excluding hydrogens is 317 g/mol. The average molecular weight is 328 g/mol.